The first kappa shape index (κ1) is 28.4. The van der Waals surface area contributed by atoms with E-state index in [2.05, 4.69) is 113 Å². The van der Waals surface area contributed by atoms with E-state index in [9.17, 15) is 0 Å². The fourth-order valence-electron chi connectivity index (χ4n) is 6.65. The Labute approximate surface area is 285 Å². The zero-order valence-electron chi connectivity index (χ0n) is 25.7. The summed E-state index contributed by atoms with van der Waals surface area (Å²) in [6.45, 7) is 0. The maximum absolute atomic E-state index is 6.23. The van der Waals surface area contributed by atoms with Crippen LogP contribution in [0.5, 0.6) is 0 Å². The van der Waals surface area contributed by atoms with Crippen molar-refractivity contribution in [1.82, 2.24) is 15.0 Å². The van der Waals surface area contributed by atoms with Gasteiger partial charge in [0.15, 0.2) is 0 Å². The Kier molecular flexibility index (Phi) is 6.93. The third kappa shape index (κ3) is 4.80. The predicted molar refractivity (Wildman–Crippen MR) is 199 cm³/mol. The molecule has 0 saturated heterocycles. The summed E-state index contributed by atoms with van der Waals surface area (Å²) in [5.41, 5.74) is 9.17. The molecular formula is C43H27N3OSe. The molecule has 9 rings (SSSR count). The van der Waals surface area contributed by atoms with Crippen molar-refractivity contribution in [1.29, 1.82) is 0 Å². The number of furan rings is 1. The van der Waals surface area contributed by atoms with Gasteiger partial charge in [-0.3, -0.25) is 0 Å². The Morgan fingerprint density at radius 3 is 1.65 bits per heavy atom. The Bertz CT molecular complexity index is 2630. The van der Waals surface area contributed by atoms with Gasteiger partial charge in [0.05, 0.1) is 0 Å². The molecule has 0 bridgehead atoms. The van der Waals surface area contributed by atoms with Crippen LogP contribution in [-0.4, -0.2) is 31.0 Å². The zero-order chi connectivity index (χ0) is 32.0. The van der Waals surface area contributed by atoms with Gasteiger partial charge in [-0.05, 0) is 12.1 Å². The standard InChI is InChI=1S/C43H27N3OSe/c48-40-29(27-13-3-1-4-14-27)18-9-22-33(40)31-20-10-21-32-30(31)19-11-23-34(32)42-44-41(28-15-5-2-6-16-28)45-43(46-42)36-24-12-26-38-39(36)35-17-7-8-25-37(35)47-38/h1-26,48H. The van der Waals surface area contributed by atoms with E-state index in [1.165, 1.54) is 21.2 Å². The van der Waals surface area contributed by atoms with Crippen LogP contribution in [0, 0.1) is 0 Å². The van der Waals surface area contributed by atoms with Crippen molar-refractivity contribution in [2.45, 2.75) is 0 Å². The molecule has 4 nitrogen and oxygen atoms in total. The molecule has 0 amide bonds. The van der Waals surface area contributed by atoms with Gasteiger partial charge >= 0.3 is 240 Å². The van der Waals surface area contributed by atoms with E-state index in [0.29, 0.717) is 17.5 Å². The van der Waals surface area contributed by atoms with Crippen molar-refractivity contribution in [3.63, 3.8) is 0 Å². The minimum atomic E-state index is 0.605. The third-order valence-electron chi connectivity index (χ3n) is 8.88. The Balaban J connectivity index is 1.27. The SMILES string of the molecule is [SeH]c1c(-c2ccccc2)cccc1-c1cccc2c(-c3nc(-c4ccccc4)nc(-c4cccc5oc6ccccc6c45)n3)cccc12. The van der Waals surface area contributed by atoms with Crippen LogP contribution in [-0.2, 0) is 0 Å². The van der Waals surface area contributed by atoms with Gasteiger partial charge in [-0.2, -0.15) is 0 Å². The molecule has 5 heteroatoms. The molecule has 0 spiro atoms. The second kappa shape index (κ2) is 11.7. The van der Waals surface area contributed by atoms with Gasteiger partial charge in [-0.1, -0.05) is 24.3 Å². The van der Waals surface area contributed by atoms with Crippen molar-refractivity contribution < 1.29 is 4.42 Å². The predicted octanol–water partition coefficient (Wildman–Crippen LogP) is 9.79. The number of hydrogen-bond acceptors (Lipinski definition) is 4. The topological polar surface area (TPSA) is 51.8 Å². The number of fused-ring (bicyclic) bond motifs is 4. The molecule has 9 aromatic rings. The van der Waals surface area contributed by atoms with Gasteiger partial charge in [-0.25, -0.2) is 0 Å². The molecule has 0 atom stereocenters. The van der Waals surface area contributed by atoms with Crippen LogP contribution in [0.1, 0.15) is 0 Å². The Hall–Kier alpha value is -5.87. The second-order valence-corrected chi connectivity index (χ2v) is 12.7. The molecule has 0 unspecified atom stereocenters. The van der Waals surface area contributed by atoms with Gasteiger partial charge in [0.25, 0.3) is 0 Å². The van der Waals surface area contributed by atoms with E-state index >= 15 is 0 Å². The molecule has 226 valence electrons. The first-order valence-corrected chi connectivity index (χ1v) is 16.8. The number of rotatable bonds is 5. The molecular weight excluding hydrogens is 653 g/mol. The zero-order valence-corrected chi connectivity index (χ0v) is 27.6. The van der Waals surface area contributed by atoms with Gasteiger partial charge in [0.1, 0.15) is 5.58 Å². The molecule has 2 aromatic heterocycles. The quantitative estimate of drug-likeness (QED) is 0.170. The molecule has 0 aliphatic heterocycles. The van der Waals surface area contributed by atoms with E-state index in [1.807, 2.05) is 60.7 Å². The molecule has 7 aromatic carbocycles. The number of hydrogen-bond donors (Lipinski definition) is 0. The molecule has 2 heterocycles. The van der Waals surface area contributed by atoms with E-state index in [1.54, 1.807) is 0 Å². The summed E-state index contributed by atoms with van der Waals surface area (Å²) < 4.78 is 7.41. The molecule has 0 saturated carbocycles. The molecule has 0 N–H and O–H groups in total. The average molecular weight is 681 g/mol. The van der Waals surface area contributed by atoms with Crippen molar-refractivity contribution >= 4 is 53.2 Å². The van der Waals surface area contributed by atoms with Crippen LogP contribution in [0.25, 0.3) is 89.1 Å². The third-order valence-corrected chi connectivity index (χ3v) is 9.90. The van der Waals surface area contributed by atoms with E-state index in [-0.39, 0.29) is 0 Å². The number of benzene rings is 7. The van der Waals surface area contributed by atoms with Gasteiger partial charge in [0.2, 0.25) is 0 Å². The van der Waals surface area contributed by atoms with E-state index in [0.717, 1.165) is 55.0 Å². The number of aromatic nitrogens is 3. The van der Waals surface area contributed by atoms with Gasteiger partial charge in [0, 0.05) is 0 Å². The molecule has 0 radical (unpaired) electrons. The summed E-state index contributed by atoms with van der Waals surface area (Å²) in [5.74, 6) is 1.85. The summed E-state index contributed by atoms with van der Waals surface area (Å²) in [7, 11) is 0. The fourth-order valence-corrected chi connectivity index (χ4v) is 7.48. The average Bonchev–Trinajstić information content (AvgIpc) is 3.54. The van der Waals surface area contributed by atoms with Crippen LogP contribution in [0.15, 0.2) is 162 Å². The molecule has 48 heavy (non-hydrogen) atoms. The van der Waals surface area contributed by atoms with Crippen molar-refractivity contribution in [3.8, 4) is 56.4 Å². The van der Waals surface area contributed by atoms with Crippen molar-refractivity contribution in [2.24, 2.45) is 0 Å². The van der Waals surface area contributed by atoms with Crippen molar-refractivity contribution in [2.75, 3.05) is 0 Å². The summed E-state index contributed by atoms with van der Waals surface area (Å²) in [4.78, 5) is 15.4. The van der Waals surface area contributed by atoms with Crippen LogP contribution >= 0.6 is 0 Å². The second-order valence-electron chi connectivity index (χ2n) is 11.7. The van der Waals surface area contributed by atoms with Crippen LogP contribution in [0.2, 0.25) is 0 Å². The van der Waals surface area contributed by atoms with E-state index < -0.39 is 0 Å². The Morgan fingerprint density at radius 2 is 0.854 bits per heavy atom. The summed E-state index contributed by atoms with van der Waals surface area (Å²) in [6.07, 6.45) is 0. The number of para-hydroxylation sites is 1. The van der Waals surface area contributed by atoms with Gasteiger partial charge in [-0.15, -0.1) is 0 Å². The molecule has 0 aliphatic carbocycles. The molecule has 0 fully saturated rings. The van der Waals surface area contributed by atoms with E-state index in [4.69, 9.17) is 19.4 Å². The summed E-state index contributed by atoms with van der Waals surface area (Å²) in [6, 6.07) is 54.2. The minimum absolute atomic E-state index is 0.605. The number of nitrogens with zero attached hydrogens (tertiary/aromatic N) is 3. The van der Waals surface area contributed by atoms with Gasteiger partial charge < -0.3 is 4.42 Å². The monoisotopic (exact) mass is 681 g/mol. The maximum atomic E-state index is 6.23. The first-order chi connectivity index (χ1) is 23.7. The van der Waals surface area contributed by atoms with Crippen LogP contribution < -0.4 is 4.46 Å². The normalized spacial score (nSPS) is 11.4. The van der Waals surface area contributed by atoms with Crippen LogP contribution in [0.3, 0.4) is 0 Å². The van der Waals surface area contributed by atoms with Crippen LogP contribution in [0.4, 0.5) is 0 Å². The summed E-state index contributed by atoms with van der Waals surface area (Å²) >= 11 is 2.80. The fraction of sp³-hybridized carbons (Fsp3) is 0. The first-order valence-electron chi connectivity index (χ1n) is 15.8. The summed E-state index contributed by atoms with van der Waals surface area (Å²) in [5, 5.41) is 4.25. The Morgan fingerprint density at radius 1 is 0.354 bits per heavy atom. The molecule has 0 aliphatic rings. The van der Waals surface area contributed by atoms with Crippen molar-refractivity contribution in [3.05, 3.63) is 158 Å².